The Morgan fingerprint density at radius 1 is 1.17 bits per heavy atom. The summed E-state index contributed by atoms with van der Waals surface area (Å²) >= 11 is 13.1. The SMILES string of the molecule is C=C(C)C1CCC(C)=CC1c1c(O)cc(C2(CCCCCC)CC2(Cl)Cl)cc1O. The van der Waals surface area contributed by atoms with Gasteiger partial charge in [0.25, 0.3) is 0 Å². The van der Waals surface area contributed by atoms with Crippen LogP contribution in [-0.2, 0) is 5.41 Å². The van der Waals surface area contributed by atoms with E-state index in [1.165, 1.54) is 18.4 Å². The first-order valence-corrected chi connectivity index (χ1v) is 11.7. The van der Waals surface area contributed by atoms with E-state index >= 15 is 0 Å². The Kier molecular flexibility index (Phi) is 6.65. The Hall–Kier alpha value is -1.12. The van der Waals surface area contributed by atoms with Gasteiger partial charge in [-0.25, -0.2) is 0 Å². The van der Waals surface area contributed by atoms with Crippen molar-refractivity contribution in [3.8, 4) is 11.5 Å². The van der Waals surface area contributed by atoms with Gasteiger partial charge in [-0.15, -0.1) is 23.2 Å². The predicted octanol–water partition coefficient (Wildman–Crippen LogP) is 7.90. The largest absolute Gasteiger partial charge is 0.507 e. The Morgan fingerprint density at radius 2 is 1.79 bits per heavy atom. The minimum Gasteiger partial charge on any atom is -0.507 e. The summed E-state index contributed by atoms with van der Waals surface area (Å²) in [5.74, 6) is 0.412. The number of benzene rings is 1. The molecule has 0 saturated heterocycles. The molecule has 4 heteroatoms. The van der Waals surface area contributed by atoms with Crippen LogP contribution in [0.3, 0.4) is 0 Å². The van der Waals surface area contributed by atoms with Gasteiger partial charge in [0, 0.05) is 16.9 Å². The molecule has 1 saturated carbocycles. The van der Waals surface area contributed by atoms with E-state index in [1.807, 2.05) is 6.92 Å². The smallest absolute Gasteiger partial charge is 0.129 e. The van der Waals surface area contributed by atoms with Gasteiger partial charge in [-0.05, 0) is 63.1 Å². The summed E-state index contributed by atoms with van der Waals surface area (Å²) in [5, 5.41) is 22.0. The number of phenols is 2. The topological polar surface area (TPSA) is 40.5 Å². The molecule has 0 aliphatic heterocycles. The van der Waals surface area contributed by atoms with Gasteiger partial charge >= 0.3 is 0 Å². The van der Waals surface area contributed by atoms with Crippen LogP contribution in [0.4, 0.5) is 0 Å². The number of aromatic hydroxyl groups is 2. The highest BCUT2D eigenvalue weighted by atomic mass is 35.5. The summed E-state index contributed by atoms with van der Waals surface area (Å²) in [6.45, 7) is 10.5. The Bertz CT molecular complexity index is 788. The molecule has 1 fully saturated rings. The van der Waals surface area contributed by atoms with Crippen molar-refractivity contribution in [1.82, 2.24) is 0 Å². The van der Waals surface area contributed by atoms with Crippen molar-refractivity contribution in [2.24, 2.45) is 5.92 Å². The van der Waals surface area contributed by atoms with Crippen molar-refractivity contribution in [1.29, 1.82) is 0 Å². The molecular weight excluding hydrogens is 403 g/mol. The molecule has 0 spiro atoms. The average molecular weight is 437 g/mol. The van der Waals surface area contributed by atoms with Gasteiger partial charge in [-0.3, -0.25) is 0 Å². The summed E-state index contributed by atoms with van der Waals surface area (Å²) in [6, 6.07) is 3.57. The van der Waals surface area contributed by atoms with E-state index in [1.54, 1.807) is 12.1 Å². The molecule has 1 aromatic rings. The van der Waals surface area contributed by atoms with Crippen LogP contribution < -0.4 is 0 Å². The van der Waals surface area contributed by atoms with Crippen molar-refractivity contribution < 1.29 is 10.2 Å². The van der Waals surface area contributed by atoms with Crippen LogP contribution in [-0.4, -0.2) is 14.5 Å². The Labute approximate surface area is 185 Å². The number of alkyl halides is 2. The fourth-order valence-corrected chi connectivity index (χ4v) is 5.93. The molecule has 2 nitrogen and oxygen atoms in total. The van der Waals surface area contributed by atoms with Gasteiger partial charge in [0.1, 0.15) is 15.8 Å². The quantitative estimate of drug-likeness (QED) is 0.247. The van der Waals surface area contributed by atoms with E-state index in [0.717, 1.165) is 43.2 Å². The number of rotatable bonds is 8. The van der Waals surface area contributed by atoms with Gasteiger partial charge in [0.05, 0.1) is 0 Å². The lowest BCUT2D eigenvalue weighted by molar-refractivity contribution is 0.404. The normalized spacial score (nSPS) is 28.1. The molecule has 3 rings (SSSR count). The maximum absolute atomic E-state index is 11.0. The molecule has 0 radical (unpaired) electrons. The van der Waals surface area contributed by atoms with Gasteiger partial charge in [0.2, 0.25) is 0 Å². The number of hydrogen-bond acceptors (Lipinski definition) is 2. The third-order valence-corrected chi connectivity index (χ3v) is 7.95. The molecule has 2 aliphatic carbocycles. The minimum atomic E-state index is -0.832. The minimum absolute atomic E-state index is 0.0632. The lowest BCUT2D eigenvalue weighted by Gasteiger charge is -2.32. The Morgan fingerprint density at radius 3 is 2.31 bits per heavy atom. The lowest BCUT2D eigenvalue weighted by Crippen LogP contribution is -2.18. The monoisotopic (exact) mass is 436 g/mol. The second-order valence-electron chi connectivity index (χ2n) is 9.23. The van der Waals surface area contributed by atoms with Crippen LogP contribution in [0.1, 0.15) is 89.2 Å². The molecule has 1 aromatic carbocycles. The van der Waals surface area contributed by atoms with Crippen LogP contribution in [0, 0.1) is 5.92 Å². The number of allylic oxidation sites excluding steroid dienone is 3. The highest BCUT2D eigenvalue weighted by molar-refractivity contribution is 6.52. The number of halogens is 2. The molecule has 0 amide bonds. The van der Waals surface area contributed by atoms with Crippen LogP contribution in [0.25, 0.3) is 0 Å². The van der Waals surface area contributed by atoms with Crippen LogP contribution >= 0.6 is 23.2 Å². The third-order valence-electron chi connectivity index (χ3n) is 6.96. The van der Waals surface area contributed by atoms with E-state index in [2.05, 4.69) is 26.5 Å². The van der Waals surface area contributed by atoms with E-state index < -0.39 is 4.33 Å². The Balaban J connectivity index is 1.95. The second-order valence-corrected chi connectivity index (χ2v) is 10.7. The van der Waals surface area contributed by atoms with E-state index in [4.69, 9.17) is 23.2 Å². The molecule has 3 unspecified atom stereocenters. The summed E-state index contributed by atoms with van der Waals surface area (Å²) in [4.78, 5) is 0. The van der Waals surface area contributed by atoms with E-state index in [0.29, 0.717) is 12.0 Å². The zero-order chi connectivity index (χ0) is 21.4. The first-order valence-electron chi connectivity index (χ1n) is 10.9. The first-order chi connectivity index (χ1) is 13.6. The predicted molar refractivity (Wildman–Crippen MR) is 123 cm³/mol. The van der Waals surface area contributed by atoms with Crippen molar-refractivity contribution >= 4 is 23.2 Å². The summed E-state index contributed by atoms with van der Waals surface area (Å²) in [6.07, 6.45) is 10.3. The number of hydrogen-bond donors (Lipinski definition) is 2. The lowest BCUT2D eigenvalue weighted by atomic mass is 9.73. The van der Waals surface area contributed by atoms with Crippen molar-refractivity contribution in [2.75, 3.05) is 0 Å². The molecule has 29 heavy (non-hydrogen) atoms. The third kappa shape index (κ3) is 4.35. The summed E-state index contributed by atoms with van der Waals surface area (Å²) in [5.41, 5.74) is 3.42. The average Bonchev–Trinajstić information content (AvgIpc) is 3.20. The summed E-state index contributed by atoms with van der Waals surface area (Å²) < 4.78 is -0.832. The summed E-state index contributed by atoms with van der Waals surface area (Å²) in [7, 11) is 0. The van der Waals surface area contributed by atoms with Crippen LogP contribution in [0.15, 0.2) is 35.9 Å². The van der Waals surface area contributed by atoms with Gasteiger partial charge in [0.15, 0.2) is 0 Å². The molecule has 0 aromatic heterocycles. The van der Waals surface area contributed by atoms with Crippen LogP contribution in [0.5, 0.6) is 11.5 Å². The number of phenolic OH excluding ortho intramolecular Hbond substituents is 2. The molecule has 2 N–H and O–H groups in total. The standard InChI is InChI=1S/C25H34Cl2O2/c1-5-6-7-8-11-24(15-25(24,26)27)18-13-21(28)23(22(29)14-18)20-12-17(4)9-10-19(20)16(2)3/h12-14,19-20,28-29H,2,5-11,15H2,1,3-4H3. The highest BCUT2D eigenvalue weighted by Crippen LogP contribution is 2.68. The van der Waals surface area contributed by atoms with Gasteiger partial charge in [-0.1, -0.05) is 56.4 Å². The number of unbranched alkanes of at least 4 members (excludes halogenated alkanes) is 3. The molecule has 3 atom stereocenters. The van der Waals surface area contributed by atoms with Crippen molar-refractivity contribution in [3.63, 3.8) is 0 Å². The molecule has 0 heterocycles. The van der Waals surface area contributed by atoms with E-state index in [-0.39, 0.29) is 28.7 Å². The van der Waals surface area contributed by atoms with Crippen LogP contribution in [0.2, 0.25) is 0 Å². The van der Waals surface area contributed by atoms with Gasteiger partial charge < -0.3 is 10.2 Å². The molecule has 160 valence electrons. The fraction of sp³-hybridized carbons (Fsp3) is 0.600. The zero-order valence-electron chi connectivity index (χ0n) is 17.9. The molecule has 2 aliphatic rings. The van der Waals surface area contributed by atoms with Gasteiger partial charge in [-0.2, -0.15) is 0 Å². The zero-order valence-corrected chi connectivity index (χ0v) is 19.4. The highest BCUT2D eigenvalue weighted by Gasteiger charge is 2.66. The van der Waals surface area contributed by atoms with Crippen molar-refractivity contribution in [2.45, 2.75) is 87.8 Å². The maximum Gasteiger partial charge on any atom is 0.129 e. The van der Waals surface area contributed by atoms with E-state index in [9.17, 15) is 10.2 Å². The first kappa shape index (κ1) is 22.6. The maximum atomic E-state index is 11.0. The fourth-order valence-electron chi connectivity index (χ4n) is 5.06. The second kappa shape index (κ2) is 8.55. The van der Waals surface area contributed by atoms with Crippen molar-refractivity contribution in [3.05, 3.63) is 47.1 Å². The molecule has 0 bridgehead atoms. The molecular formula is C25H34Cl2O2.